The van der Waals surface area contributed by atoms with Crippen LogP contribution in [0.1, 0.15) is 47.4 Å². The monoisotopic (exact) mass is 372 g/mol. The Morgan fingerprint density at radius 2 is 1.81 bits per heavy atom. The molecule has 2 aromatic rings. The van der Waals surface area contributed by atoms with E-state index in [1.807, 2.05) is 31.2 Å². The Kier molecular flexibility index (Phi) is 6.45. The average molecular weight is 373 g/mol. The van der Waals surface area contributed by atoms with Crippen LogP contribution < -0.4 is 10.2 Å². The lowest BCUT2D eigenvalue weighted by Crippen LogP contribution is -2.30. The van der Waals surface area contributed by atoms with Crippen LogP contribution in [-0.4, -0.2) is 35.5 Å². The number of nitrogens with zero attached hydrogens (tertiary/aromatic N) is 3. The molecular formula is C20H25ClN4O. The van der Waals surface area contributed by atoms with Crippen molar-refractivity contribution in [3.05, 3.63) is 52.3 Å². The second-order valence-corrected chi connectivity index (χ2v) is 7.16. The van der Waals surface area contributed by atoms with Crippen molar-refractivity contribution in [2.45, 2.75) is 39.0 Å². The fourth-order valence-corrected chi connectivity index (χ4v) is 3.27. The SMILES string of the molecule is Cc1cc(C(=O)NCCc2ccc(Cl)cc2)nc(N2CCCCCC2)n1. The van der Waals surface area contributed by atoms with E-state index in [0.29, 0.717) is 18.2 Å². The minimum absolute atomic E-state index is 0.152. The second-order valence-electron chi connectivity index (χ2n) is 6.73. The van der Waals surface area contributed by atoms with Crippen LogP contribution in [0.3, 0.4) is 0 Å². The molecule has 0 spiro atoms. The molecule has 0 aliphatic carbocycles. The summed E-state index contributed by atoms with van der Waals surface area (Å²) in [6.45, 7) is 4.39. The lowest BCUT2D eigenvalue weighted by Gasteiger charge is -2.21. The molecule has 1 aromatic carbocycles. The number of carbonyl (C=O) groups excluding carboxylic acids is 1. The maximum atomic E-state index is 12.5. The number of nitrogens with one attached hydrogen (secondary N) is 1. The number of hydrogen-bond acceptors (Lipinski definition) is 4. The number of aryl methyl sites for hydroxylation is 1. The Labute approximate surface area is 159 Å². The summed E-state index contributed by atoms with van der Waals surface area (Å²) >= 11 is 5.89. The molecule has 1 fully saturated rings. The first-order valence-electron chi connectivity index (χ1n) is 9.25. The molecule has 1 N–H and O–H groups in total. The molecule has 1 aliphatic rings. The van der Waals surface area contributed by atoms with Gasteiger partial charge in [0.05, 0.1) is 0 Å². The van der Waals surface area contributed by atoms with Crippen molar-refractivity contribution in [2.24, 2.45) is 0 Å². The summed E-state index contributed by atoms with van der Waals surface area (Å²) in [5.41, 5.74) is 2.40. The Bertz CT molecular complexity index is 740. The topological polar surface area (TPSA) is 58.1 Å². The molecule has 138 valence electrons. The maximum absolute atomic E-state index is 12.5. The van der Waals surface area contributed by atoms with Crippen molar-refractivity contribution < 1.29 is 4.79 Å². The summed E-state index contributed by atoms with van der Waals surface area (Å²) in [5.74, 6) is 0.523. The van der Waals surface area contributed by atoms with E-state index in [1.165, 1.54) is 12.8 Å². The van der Waals surface area contributed by atoms with Gasteiger partial charge in [-0.15, -0.1) is 0 Å². The van der Waals surface area contributed by atoms with Crippen LogP contribution in [0.5, 0.6) is 0 Å². The van der Waals surface area contributed by atoms with E-state index in [0.717, 1.165) is 48.6 Å². The highest BCUT2D eigenvalue weighted by Crippen LogP contribution is 2.16. The van der Waals surface area contributed by atoms with Crippen molar-refractivity contribution in [2.75, 3.05) is 24.5 Å². The van der Waals surface area contributed by atoms with Crippen LogP contribution in [0.2, 0.25) is 5.02 Å². The van der Waals surface area contributed by atoms with Crippen LogP contribution in [-0.2, 0) is 6.42 Å². The fraction of sp³-hybridized carbons (Fsp3) is 0.450. The minimum atomic E-state index is -0.152. The molecule has 0 saturated carbocycles. The van der Waals surface area contributed by atoms with Gasteiger partial charge in [0.15, 0.2) is 0 Å². The molecule has 6 heteroatoms. The van der Waals surface area contributed by atoms with E-state index in [-0.39, 0.29) is 5.91 Å². The van der Waals surface area contributed by atoms with E-state index >= 15 is 0 Å². The van der Waals surface area contributed by atoms with Crippen LogP contribution in [0.25, 0.3) is 0 Å². The zero-order valence-corrected chi connectivity index (χ0v) is 15.9. The molecule has 1 aliphatic heterocycles. The molecule has 0 unspecified atom stereocenters. The summed E-state index contributed by atoms with van der Waals surface area (Å²) < 4.78 is 0. The van der Waals surface area contributed by atoms with Crippen molar-refractivity contribution in [1.29, 1.82) is 0 Å². The summed E-state index contributed by atoms with van der Waals surface area (Å²) in [6.07, 6.45) is 5.56. The molecule has 5 nitrogen and oxygen atoms in total. The molecule has 26 heavy (non-hydrogen) atoms. The maximum Gasteiger partial charge on any atom is 0.270 e. The number of aromatic nitrogens is 2. The minimum Gasteiger partial charge on any atom is -0.350 e. The average Bonchev–Trinajstić information content (AvgIpc) is 2.92. The van der Waals surface area contributed by atoms with E-state index in [1.54, 1.807) is 6.07 Å². The lowest BCUT2D eigenvalue weighted by atomic mass is 10.1. The Morgan fingerprint density at radius 1 is 1.12 bits per heavy atom. The van der Waals surface area contributed by atoms with Gasteiger partial charge in [0, 0.05) is 30.4 Å². The zero-order valence-electron chi connectivity index (χ0n) is 15.2. The number of hydrogen-bond donors (Lipinski definition) is 1. The third-order valence-corrected chi connectivity index (χ3v) is 4.83. The number of amides is 1. The third-order valence-electron chi connectivity index (χ3n) is 4.58. The van der Waals surface area contributed by atoms with Gasteiger partial charge in [-0.25, -0.2) is 9.97 Å². The first kappa shape index (κ1) is 18.6. The van der Waals surface area contributed by atoms with Gasteiger partial charge in [0.1, 0.15) is 5.69 Å². The standard InChI is InChI=1S/C20H25ClN4O/c1-15-14-18(24-20(23-15)25-12-4-2-3-5-13-25)19(26)22-11-10-16-6-8-17(21)9-7-16/h6-9,14H,2-5,10-13H2,1H3,(H,22,26). The zero-order chi connectivity index (χ0) is 18.4. The highest BCUT2D eigenvalue weighted by Gasteiger charge is 2.16. The Balaban J connectivity index is 1.62. The number of rotatable bonds is 5. The molecule has 0 atom stereocenters. The normalized spacial score (nSPS) is 14.8. The van der Waals surface area contributed by atoms with Gasteiger partial charge in [0.25, 0.3) is 5.91 Å². The highest BCUT2D eigenvalue weighted by molar-refractivity contribution is 6.30. The summed E-state index contributed by atoms with van der Waals surface area (Å²) in [7, 11) is 0. The van der Waals surface area contributed by atoms with Crippen LogP contribution in [0.4, 0.5) is 5.95 Å². The van der Waals surface area contributed by atoms with Gasteiger partial charge in [-0.3, -0.25) is 4.79 Å². The van der Waals surface area contributed by atoms with E-state index < -0.39 is 0 Å². The van der Waals surface area contributed by atoms with Crippen LogP contribution in [0.15, 0.2) is 30.3 Å². The molecule has 0 radical (unpaired) electrons. The molecular weight excluding hydrogens is 348 g/mol. The van der Waals surface area contributed by atoms with Gasteiger partial charge in [0.2, 0.25) is 5.95 Å². The number of carbonyl (C=O) groups is 1. The molecule has 2 heterocycles. The van der Waals surface area contributed by atoms with Crippen LogP contribution >= 0.6 is 11.6 Å². The molecule has 1 amide bonds. The van der Waals surface area contributed by atoms with Gasteiger partial charge >= 0.3 is 0 Å². The first-order chi connectivity index (χ1) is 12.6. The predicted molar refractivity (Wildman–Crippen MR) is 105 cm³/mol. The molecule has 1 aromatic heterocycles. The van der Waals surface area contributed by atoms with Crippen molar-refractivity contribution in [3.8, 4) is 0 Å². The van der Waals surface area contributed by atoms with Gasteiger partial charge in [-0.1, -0.05) is 36.6 Å². The lowest BCUT2D eigenvalue weighted by molar-refractivity contribution is 0.0949. The summed E-state index contributed by atoms with van der Waals surface area (Å²) in [4.78, 5) is 23.8. The summed E-state index contributed by atoms with van der Waals surface area (Å²) in [6, 6.07) is 9.42. The third kappa shape index (κ3) is 5.18. The molecule has 0 bridgehead atoms. The van der Waals surface area contributed by atoms with Gasteiger partial charge in [-0.05, 0) is 49.9 Å². The summed E-state index contributed by atoms with van der Waals surface area (Å²) in [5, 5.41) is 3.67. The Morgan fingerprint density at radius 3 is 2.50 bits per heavy atom. The van der Waals surface area contributed by atoms with Gasteiger partial charge < -0.3 is 10.2 Å². The van der Waals surface area contributed by atoms with Crippen molar-refractivity contribution in [3.63, 3.8) is 0 Å². The highest BCUT2D eigenvalue weighted by atomic mass is 35.5. The van der Waals surface area contributed by atoms with Crippen molar-refractivity contribution >= 4 is 23.5 Å². The number of benzene rings is 1. The largest absolute Gasteiger partial charge is 0.350 e. The van der Waals surface area contributed by atoms with E-state index in [2.05, 4.69) is 20.2 Å². The number of anilines is 1. The smallest absolute Gasteiger partial charge is 0.270 e. The second kappa shape index (κ2) is 8.99. The van der Waals surface area contributed by atoms with Gasteiger partial charge in [-0.2, -0.15) is 0 Å². The van der Waals surface area contributed by atoms with Crippen molar-refractivity contribution in [1.82, 2.24) is 15.3 Å². The van der Waals surface area contributed by atoms with E-state index in [4.69, 9.17) is 11.6 Å². The van der Waals surface area contributed by atoms with E-state index in [9.17, 15) is 4.79 Å². The predicted octanol–water partition coefficient (Wildman–Crippen LogP) is 3.79. The molecule has 3 rings (SSSR count). The number of halogens is 1. The first-order valence-corrected chi connectivity index (χ1v) is 9.63. The van der Waals surface area contributed by atoms with Crippen LogP contribution in [0, 0.1) is 6.92 Å². The Hall–Kier alpha value is -2.14. The fourth-order valence-electron chi connectivity index (χ4n) is 3.14. The molecule has 1 saturated heterocycles. The quantitative estimate of drug-likeness (QED) is 0.867.